The van der Waals surface area contributed by atoms with Crippen LogP contribution in [-0.4, -0.2) is 27.0 Å². The molecule has 0 radical (unpaired) electrons. The highest BCUT2D eigenvalue weighted by atomic mass is 16.1. The van der Waals surface area contributed by atoms with Gasteiger partial charge < -0.3 is 9.88 Å². The average molecular weight is 475 g/mol. The van der Waals surface area contributed by atoms with Crippen molar-refractivity contribution in [3.8, 4) is 0 Å². The molecule has 5 rings (SSSR count). The number of amides is 1. The van der Waals surface area contributed by atoms with Crippen LogP contribution in [0.2, 0.25) is 0 Å². The maximum absolute atomic E-state index is 12.6. The number of carbonyl (C=O) groups is 1. The molecule has 0 aliphatic rings. The summed E-state index contributed by atoms with van der Waals surface area (Å²) in [6.07, 6.45) is 3.25. The van der Waals surface area contributed by atoms with Crippen LogP contribution in [0, 0.1) is 13.8 Å². The van der Waals surface area contributed by atoms with E-state index in [1.165, 1.54) is 16.7 Å². The Morgan fingerprint density at radius 1 is 0.861 bits per heavy atom. The van der Waals surface area contributed by atoms with Crippen LogP contribution in [0.5, 0.6) is 0 Å². The molecule has 2 aromatic heterocycles. The van der Waals surface area contributed by atoms with Crippen LogP contribution < -0.4 is 5.32 Å². The first-order chi connectivity index (χ1) is 17.6. The molecule has 0 atom stereocenters. The highest BCUT2D eigenvalue weighted by Gasteiger charge is 2.14. The van der Waals surface area contributed by atoms with E-state index >= 15 is 0 Å². The fraction of sp³-hybridized carbons (Fsp3) is 0.194. The Balaban J connectivity index is 1.34. The lowest BCUT2D eigenvalue weighted by Gasteiger charge is -2.11. The molecule has 0 unspecified atom stereocenters. The van der Waals surface area contributed by atoms with Gasteiger partial charge in [-0.05, 0) is 72.5 Å². The number of nitrogens with zero attached hydrogens (tertiary/aromatic N) is 3. The van der Waals surface area contributed by atoms with E-state index in [9.17, 15) is 4.79 Å². The fourth-order valence-corrected chi connectivity index (χ4v) is 4.42. The Labute approximate surface area is 211 Å². The quantitative estimate of drug-likeness (QED) is 0.316. The first kappa shape index (κ1) is 23.5. The van der Waals surface area contributed by atoms with E-state index in [0.717, 1.165) is 34.5 Å². The summed E-state index contributed by atoms with van der Waals surface area (Å²) < 4.78 is 2.30. The molecule has 5 aromatic rings. The number of fused-ring (bicyclic) bond motifs is 1. The molecule has 36 heavy (non-hydrogen) atoms. The van der Waals surface area contributed by atoms with Crippen LogP contribution in [0.3, 0.4) is 0 Å². The molecular weight excluding hydrogens is 444 g/mol. The summed E-state index contributed by atoms with van der Waals surface area (Å²) in [5, 5.41) is 2.99. The van der Waals surface area contributed by atoms with Crippen LogP contribution in [0.25, 0.3) is 11.0 Å². The molecule has 180 valence electrons. The minimum atomic E-state index is -0.0681. The van der Waals surface area contributed by atoms with Crippen molar-refractivity contribution in [3.05, 3.63) is 130 Å². The molecule has 3 aromatic carbocycles. The molecule has 1 N–H and O–H groups in total. The molecule has 5 heteroatoms. The fourth-order valence-electron chi connectivity index (χ4n) is 4.42. The predicted octanol–water partition coefficient (Wildman–Crippen LogP) is 5.66. The van der Waals surface area contributed by atoms with Crippen LogP contribution >= 0.6 is 0 Å². The molecule has 5 nitrogen and oxygen atoms in total. The van der Waals surface area contributed by atoms with Gasteiger partial charge in [-0.3, -0.25) is 9.78 Å². The zero-order chi connectivity index (χ0) is 24.9. The maximum Gasteiger partial charge on any atom is 0.251 e. The lowest BCUT2D eigenvalue weighted by Crippen LogP contribution is -2.25. The standard InChI is InChI=1S/C31H30N4O/c1-22-18-28-29(19-23(22)2)35(30(34-28)20-24-8-4-3-5-9-24)21-25-11-13-26(14-12-25)31(36)33-17-15-27-10-6-7-16-32-27/h3-14,16,18-19H,15,17,20-21H2,1-2H3,(H,33,36). The average Bonchev–Trinajstić information content (AvgIpc) is 3.21. The molecule has 2 heterocycles. The molecule has 0 saturated carbocycles. The zero-order valence-electron chi connectivity index (χ0n) is 20.7. The Bertz CT molecular complexity index is 1470. The summed E-state index contributed by atoms with van der Waals surface area (Å²) in [5.41, 5.74) is 8.66. The third-order valence-corrected chi connectivity index (χ3v) is 6.60. The van der Waals surface area contributed by atoms with E-state index in [4.69, 9.17) is 4.98 Å². The number of hydrogen-bond donors (Lipinski definition) is 1. The number of rotatable bonds is 8. The second-order valence-electron chi connectivity index (χ2n) is 9.23. The van der Waals surface area contributed by atoms with Gasteiger partial charge in [0.05, 0.1) is 11.0 Å². The number of aromatic nitrogens is 3. The minimum Gasteiger partial charge on any atom is -0.352 e. The van der Waals surface area contributed by atoms with Gasteiger partial charge in [-0.25, -0.2) is 4.98 Å². The van der Waals surface area contributed by atoms with Crippen molar-refractivity contribution < 1.29 is 4.79 Å². The van der Waals surface area contributed by atoms with Crippen molar-refractivity contribution in [3.63, 3.8) is 0 Å². The Kier molecular flexibility index (Phi) is 6.89. The highest BCUT2D eigenvalue weighted by molar-refractivity contribution is 5.94. The van der Waals surface area contributed by atoms with Gasteiger partial charge in [0.15, 0.2) is 0 Å². The maximum atomic E-state index is 12.6. The summed E-state index contributed by atoms with van der Waals surface area (Å²) in [4.78, 5) is 21.9. The summed E-state index contributed by atoms with van der Waals surface area (Å²) in [5.74, 6) is 0.971. The molecule has 0 fully saturated rings. The smallest absolute Gasteiger partial charge is 0.251 e. The second-order valence-corrected chi connectivity index (χ2v) is 9.23. The van der Waals surface area contributed by atoms with Gasteiger partial charge >= 0.3 is 0 Å². The molecule has 0 saturated heterocycles. The van der Waals surface area contributed by atoms with Crippen molar-refractivity contribution in [1.29, 1.82) is 0 Å². The normalized spacial score (nSPS) is 11.1. The Morgan fingerprint density at radius 3 is 2.36 bits per heavy atom. The Morgan fingerprint density at radius 2 is 1.61 bits per heavy atom. The van der Waals surface area contributed by atoms with Crippen molar-refractivity contribution in [2.24, 2.45) is 0 Å². The first-order valence-electron chi connectivity index (χ1n) is 12.3. The number of nitrogens with one attached hydrogen (secondary N) is 1. The molecule has 0 spiro atoms. The second kappa shape index (κ2) is 10.6. The lowest BCUT2D eigenvalue weighted by molar-refractivity contribution is 0.0954. The molecule has 0 aliphatic heterocycles. The highest BCUT2D eigenvalue weighted by Crippen LogP contribution is 2.24. The summed E-state index contributed by atoms with van der Waals surface area (Å²) in [6, 6.07) is 28.5. The van der Waals surface area contributed by atoms with Gasteiger partial charge in [-0.2, -0.15) is 0 Å². The Hall–Kier alpha value is -4.25. The van der Waals surface area contributed by atoms with E-state index in [1.54, 1.807) is 6.20 Å². The van der Waals surface area contributed by atoms with Crippen LogP contribution in [0.4, 0.5) is 0 Å². The molecular formula is C31H30N4O. The van der Waals surface area contributed by atoms with Crippen LogP contribution in [0.1, 0.15) is 44.1 Å². The largest absolute Gasteiger partial charge is 0.352 e. The number of imidazole rings is 1. The number of aryl methyl sites for hydroxylation is 2. The monoisotopic (exact) mass is 474 g/mol. The van der Waals surface area contributed by atoms with Crippen molar-refractivity contribution in [2.45, 2.75) is 33.2 Å². The van der Waals surface area contributed by atoms with Gasteiger partial charge in [0.1, 0.15) is 5.82 Å². The molecule has 1 amide bonds. The van der Waals surface area contributed by atoms with Gasteiger partial charge in [-0.15, -0.1) is 0 Å². The number of benzene rings is 3. The summed E-state index contributed by atoms with van der Waals surface area (Å²) in [6.45, 7) is 5.53. The number of pyridine rings is 1. The third kappa shape index (κ3) is 5.36. The van der Waals surface area contributed by atoms with E-state index < -0.39 is 0 Å². The van der Waals surface area contributed by atoms with Gasteiger partial charge in [0.2, 0.25) is 0 Å². The van der Waals surface area contributed by atoms with Gasteiger partial charge in [-0.1, -0.05) is 48.5 Å². The predicted molar refractivity (Wildman–Crippen MR) is 144 cm³/mol. The lowest BCUT2D eigenvalue weighted by atomic mass is 10.1. The van der Waals surface area contributed by atoms with E-state index in [2.05, 4.69) is 65.1 Å². The van der Waals surface area contributed by atoms with E-state index in [-0.39, 0.29) is 5.91 Å². The summed E-state index contributed by atoms with van der Waals surface area (Å²) >= 11 is 0. The SMILES string of the molecule is Cc1cc2nc(Cc3ccccc3)n(Cc3ccc(C(=O)NCCc4ccccn4)cc3)c2cc1C. The van der Waals surface area contributed by atoms with Crippen LogP contribution in [0.15, 0.2) is 91.1 Å². The van der Waals surface area contributed by atoms with E-state index in [1.807, 2.05) is 48.5 Å². The molecule has 0 bridgehead atoms. The molecule has 0 aliphatic carbocycles. The third-order valence-electron chi connectivity index (χ3n) is 6.60. The van der Waals surface area contributed by atoms with Crippen molar-refractivity contribution in [2.75, 3.05) is 6.54 Å². The number of carbonyl (C=O) groups excluding carboxylic acids is 1. The minimum absolute atomic E-state index is 0.0681. The van der Waals surface area contributed by atoms with Crippen molar-refractivity contribution >= 4 is 16.9 Å². The van der Waals surface area contributed by atoms with E-state index in [0.29, 0.717) is 25.1 Å². The summed E-state index contributed by atoms with van der Waals surface area (Å²) in [7, 11) is 0. The van der Waals surface area contributed by atoms with Crippen molar-refractivity contribution in [1.82, 2.24) is 19.9 Å². The van der Waals surface area contributed by atoms with Gasteiger partial charge in [0.25, 0.3) is 5.91 Å². The first-order valence-corrected chi connectivity index (χ1v) is 12.3. The van der Waals surface area contributed by atoms with Crippen LogP contribution in [-0.2, 0) is 19.4 Å². The zero-order valence-corrected chi connectivity index (χ0v) is 20.7. The number of hydrogen-bond acceptors (Lipinski definition) is 3. The van der Waals surface area contributed by atoms with Gasteiger partial charge in [0, 0.05) is 43.4 Å². The topological polar surface area (TPSA) is 59.8 Å².